The number of hydrogen-bond donors (Lipinski definition) is 1. The van der Waals surface area contributed by atoms with Crippen LogP contribution in [0.5, 0.6) is 0 Å². The Morgan fingerprint density at radius 3 is 2.79 bits per heavy atom. The Morgan fingerprint density at radius 1 is 1.47 bits per heavy atom. The highest BCUT2D eigenvalue weighted by Crippen LogP contribution is 2.26. The number of hydrogen-bond acceptors (Lipinski definition) is 3. The highest BCUT2D eigenvalue weighted by atomic mass is 35.5. The van der Waals surface area contributed by atoms with Crippen molar-refractivity contribution in [3.63, 3.8) is 0 Å². The van der Waals surface area contributed by atoms with Crippen molar-refractivity contribution in [3.8, 4) is 11.4 Å². The van der Waals surface area contributed by atoms with Crippen LogP contribution in [0.4, 0.5) is 4.39 Å². The van der Waals surface area contributed by atoms with Gasteiger partial charge in [-0.3, -0.25) is 0 Å². The van der Waals surface area contributed by atoms with E-state index in [0.29, 0.717) is 17.7 Å². The van der Waals surface area contributed by atoms with Gasteiger partial charge in [0.15, 0.2) is 5.82 Å². The smallest absolute Gasteiger partial charge is 0.339 e. The van der Waals surface area contributed by atoms with E-state index in [0.717, 1.165) is 6.07 Å². The van der Waals surface area contributed by atoms with Crippen molar-refractivity contribution in [1.29, 1.82) is 0 Å². The zero-order chi connectivity index (χ0) is 14.0. The molecule has 0 amide bonds. The zero-order valence-electron chi connectivity index (χ0n) is 10.0. The van der Waals surface area contributed by atoms with Gasteiger partial charge in [0.2, 0.25) is 0 Å². The molecule has 19 heavy (non-hydrogen) atoms. The molecule has 0 aliphatic rings. The van der Waals surface area contributed by atoms with Crippen LogP contribution in [0.3, 0.4) is 0 Å². The number of halogens is 2. The third-order valence-corrected chi connectivity index (χ3v) is 2.92. The summed E-state index contributed by atoms with van der Waals surface area (Å²) in [4.78, 5) is 19.1. The number of nitrogens with zero attached hydrogens (tertiary/aromatic N) is 2. The number of aryl methyl sites for hydroxylation is 1. The van der Waals surface area contributed by atoms with E-state index in [1.54, 1.807) is 6.92 Å². The molecule has 4 nitrogen and oxygen atoms in total. The summed E-state index contributed by atoms with van der Waals surface area (Å²) >= 11 is 5.93. The predicted molar refractivity (Wildman–Crippen MR) is 68.8 cm³/mol. The standard InChI is InChI=1S/C13H10ClFN2O2/c1-2-11-9(13(18)19)6-16-12(17-11)8-4-3-7(15)5-10(8)14/h3-6H,2H2,1H3,(H,18,19). The maximum Gasteiger partial charge on any atom is 0.339 e. The summed E-state index contributed by atoms with van der Waals surface area (Å²) in [7, 11) is 0. The van der Waals surface area contributed by atoms with Gasteiger partial charge in [-0.1, -0.05) is 18.5 Å². The summed E-state index contributed by atoms with van der Waals surface area (Å²) in [5, 5.41) is 9.18. The van der Waals surface area contributed by atoms with Crippen LogP contribution in [0.25, 0.3) is 11.4 Å². The van der Waals surface area contributed by atoms with Gasteiger partial charge in [0.1, 0.15) is 5.82 Å². The minimum Gasteiger partial charge on any atom is -0.478 e. The maximum absolute atomic E-state index is 13.0. The molecule has 0 spiro atoms. The van der Waals surface area contributed by atoms with E-state index in [1.165, 1.54) is 18.3 Å². The van der Waals surface area contributed by atoms with E-state index in [9.17, 15) is 9.18 Å². The van der Waals surface area contributed by atoms with Crippen LogP contribution >= 0.6 is 11.6 Å². The van der Waals surface area contributed by atoms with Crippen molar-refractivity contribution < 1.29 is 14.3 Å². The molecule has 0 radical (unpaired) electrons. The second-order valence-electron chi connectivity index (χ2n) is 3.84. The van der Waals surface area contributed by atoms with Crippen LogP contribution in [-0.2, 0) is 6.42 Å². The van der Waals surface area contributed by atoms with E-state index in [-0.39, 0.29) is 16.4 Å². The molecule has 0 atom stereocenters. The third-order valence-electron chi connectivity index (χ3n) is 2.61. The molecule has 2 aromatic rings. The number of carbonyl (C=O) groups is 1. The second-order valence-corrected chi connectivity index (χ2v) is 4.24. The molecule has 6 heteroatoms. The van der Waals surface area contributed by atoms with E-state index in [1.807, 2.05) is 0 Å². The minimum absolute atomic E-state index is 0.0597. The Hall–Kier alpha value is -2.01. The van der Waals surface area contributed by atoms with Gasteiger partial charge < -0.3 is 5.11 Å². The number of aromatic nitrogens is 2. The molecular weight excluding hydrogens is 271 g/mol. The van der Waals surface area contributed by atoms with Crippen LogP contribution in [-0.4, -0.2) is 21.0 Å². The monoisotopic (exact) mass is 280 g/mol. The number of rotatable bonds is 3. The second kappa shape index (κ2) is 5.32. The fourth-order valence-electron chi connectivity index (χ4n) is 1.67. The summed E-state index contributed by atoms with van der Waals surface area (Å²) in [6.07, 6.45) is 1.69. The lowest BCUT2D eigenvalue weighted by molar-refractivity contribution is 0.0694. The molecule has 0 bridgehead atoms. The number of aromatic carboxylic acids is 1. The molecule has 2 rings (SSSR count). The van der Waals surface area contributed by atoms with Crippen molar-refractivity contribution >= 4 is 17.6 Å². The first kappa shape index (κ1) is 13.4. The van der Waals surface area contributed by atoms with Crippen molar-refractivity contribution in [2.45, 2.75) is 13.3 Å². The molecular formula is C13H10ClFN2O2. The highest BCUT2D eigenvalue weighted by Gasteiger charge is 2.14. The lowest BCUT2D eigenvalue weighted by Crippen LogP contribution is -2.06. The zero-order valence-corrected chi connectivity index (χ0v) is 10.8. The first-order chi connectivity index (χ1) is 9.02. The first-order valence-electron chi connectivity index (χ1n) is 5.57. The average Bonchev–Trinajstić information content (AvgIpc) is 2.37. The van der Waals surface area contributed by atoms with Crippen LogP contribution in [0, 0.1) is 5.82 Å². The normalized spacial score (nSPS) is 10.5. The number of carboxylic acids is 1. The van der Waals surface area contributed by atoms with Gasteiger partial charge in [-0.25, -0.2) is 19.2 Å². The maximum atomic E-state index is 13.0. The summed E-state index contributed by atoms with van der Waals surface area (Å²) < 4.78 is 13.0. The largest absolute Gasteiger partial charge is 0.478 e. The topological polar surface area (TPSA) is 63.1 Å². The average molecular weight is 281 g/mol. The van der Waals surface area contributed by atoms with E-state index >= 15 is 0 Å². The van der Waals surface area contributed by atoms with Gasteiger partial charge in [0.05, 0.1) is 16.3 Å². The molecule has 1 aromatic heterocycles. The quantitative estimate of drug-likeness (QED) is 0.938. The molecule has 0 aliphatic carbocycles. The molecule has 0 saturated carbocycles. The van der Waals surface area contributed by atoms with Crippen LogP contribution in [0.2, 0.25) is 5.02 Å². The Labute approximate surface area is 113 Å². The molecule has 0 fully saturated rings. The molecule has 0 unspecified atom stereocenters. The fraction of sp³-hybridized carbons (Fsp3) is 0.154. The Morgan fingerprint density at radius 2 is 2.21 bits per heavy atom. The lowest BCUT2D eigenvalue weighted by Gasteiger charge is -2.07. The van der Waals surface area contributed by atoms with Crippen LogP contribution in [0.15, 0.2) is 24.4 Å². The Kier molecular flexibility index (Phi) is 3.76. The summed E-state index contributed by atoms with van der Waals surface area (Å²) in [5.74, 6) is -1.24. The summed E-state index contributed by atoms with van der Waals surface area (Å²) in [5.41, 5.74) is 0.942. The van der Waals surface area contributed by atoms with E-state index in [2.05, 4.69) is 9.97 Å². The van der Waals surface area contributed by atoms with E-state index < -0.39 is 11.8 Å². The number of carboxylic acid groups (broad SMARTS) is 1. The third kappa shape index (κ3) is 2.71. The van der Waals surface area contributed by atoms with Gasteiger partial charge >= 0.3 is 5.97 Å². The van der Waals surface area contributed by atoms with Crippen molar-refractivity contribution in [1.82, 2.24) is 9.97 Å². The van der Waals surface area contributed by atoms with E-state index in [4.69, 9.17) is 16.7 Å². The van der Waals surface area contributed by atoms with Gasteiger partial charge in [-0.05, 0) is 24.6 Å². The summed E-state index contributed by atoms with van der Waals surface area (Å²) in [6, 6.07) is 3.88. The van der Waals surface area contributed by atoms with Crippen molar-refractivity contribution in [2.24, 2.45) is 0 Å². The number of benzene rings is 1. The highest BCUT2D eigenvalue weighted by molar-refractivity contribution is 6.33. The molecule has 1 heterocycles. The lowest BCUT2D eigenvalue weighted by atomic mass is 10.1. The van der Waals surface area contributed by atoms with Crippen LogP contribution < -0.4 is 0 Å². The molecule has 0 saturated heterocycles. The Bertz CT molecular complexity index is 647. The predicted octanol–water partition coefficient (Wildman–Crippen LogP) is 3.20. The van der Waals surface area contributed by atoms with Gasteiger partial charge in [0, 0.05) is 11.8 Å². The van der Waals surface area contributed by atoms with Crippen LogP contribution in [0.1, 0.15) is 23.0 Å². The minimum atomic E-state index is -1.08. The molecule has 98 valence electrons. The van der Waals surface area contributed by atoms with Crippen molar-refractivity contribution in [2.75, 3.05) is 0 Å². The molecule has 1 aromatic carbocycles. The molecule has 0 aliphatic heterocycles. The summed E-state index contributed by atoms with van der Waals surface area (Å²) in [6.45, 7) is 1.80. The van der Waals surface area contributed by atoms with Crippen molar-refractivity contribution in [3.05, 3.63) is 46.5 Å². The van der Waals surface area contributed by atoms with Gasteiger partial charge in [-0.2, -0.15) is 0 Å². The molecule has 1 N–H and O–H groups in total. The SMILES string of the molecule is CCc1nc(-c2ccc(F)cc2Cl)ncc1C(=O)O. The Balaban J connectivity index is 2.54. The first-order valence-corrected chi connectivity index (χ1v) is 5.95. The van der Waals surface area contributed by atoms with Gasteiger partial charge in [0.25, 0.3) is 0 Å². The van der Waals surface area contributed by atoms with Gasteiger partial charge in [-0.15, -0.1) is 0 Å². The fourth-order valence-corrected chi connectivity index (χ4v) is 1.92.